The second kappa shape index (κ2) is 7.34. The van der Waals surface area contributed by atoms with E-state index in [9.17, 15) is 14.3 Å². The van der Waals surface area contributed by atoms with Gasteiger partial charge in [-0.2, -0.15) is 4.89 Å². The molecule has 2 unspecified atom stereocenters. The highest BCUT2D eigenvalue weighted by molar-refractivity contribution is 7.38. The van der Waals surface area contributed by atoms with Gasteiger partial charge in [0.15, 0.2) is 0 Å². The number of nitrogens with one attached hydrogen (secondary N) is 1. The molecule has 2 N–H and O–H groups in total. The van der Waals surface area contributed by atoms with Crippen molar-refractivity contribution in [1.82, 2.24) is 5.32 Å². The monoisotopic (exact) mass is 358 g/mol. The molecule has 0 heterocycles. The van der Waals surface area contributed by atoms with Crippen LogP contribution in [0.2, 0.25) is 0 Å². The molecule has 0 saturated heterocycles. The Kier molecular flexibility index (Phi) is 5.16. The zero-order valence-electron chi connectivity index (χ0n) is 14.2. The number of hydrogen-bond donors (Lipinski definition) is 2. The SMILES string of the molecule is CC(C)C(NC(=O)OCC1c2ccccc2-c2ccccc21)[P+](=O)O. The van der Waals surface area contributed by atoms with Crippen LogP contribution >= 0.6 is 8.03 Å². The van der Waals surface area contributed by atoms with Crippen molar-refractivity contribution in [1.29, 1.82) is 0 Å². The highest BCUT2D eigenvalue weighted by atomic mass is 31.1. The minimum Gasteiger partial charge on any atom is -0.448 e. The van der Waals surface area contributed by atoms with Gasteiger partial charge in [0, 0.05) is 11.8 Å². The summed E-state index contributed by atoms with van der Waals surface area (Å²) in [5.41, 5.74) is 4.58. The largest absolute Gasteiger partial charge is 0.531 e. The van der Waals surface area contributed by atoms with E-state index in [-0.39, 0.29) is 18.4 Å². The fourth-order valence-electron chi connectivity index (χ4n) is 3.24. The standard InChI is InChI=1S/C19H20NO4P/c1-12(2)18(25(22)23)20-19(21)24-11-17-15-9-5-3-7-13(15)14-8-4-6-10-16(14)17/h3-10,12,17-18H,11H2,1-2H3,(H-,20,21,22,23)/p+1. The lowest BCUT2D eigenvalue weighted by Gasteiger charge is -2.16. The number of hydrogen-bond acceptors (Lipinski definition) is 3. The summed E-state index contributed by atoms with van der Waals surface area (Å²) in [6.07, 6.45) is -0.669. The van der Waals surface area contributed by atoms with Crippen LogP contribution in [0, 0.1) is 5.92 Å². The van der Waals surface area contributed by atoms with Gasteiger partial charge in [0.1, 0.15) is 6.61 Å². The third kappa shape index (κ3) is 3.58. The van der Waals surface area contributed by atoms with Crippen LogP contribution in [0.3, 0.4) is 0 Å². The predicted molar refractivity (Wildman–Crippen MR) is 96.7 cm³/mol. The fraction of sp³-hybridized carbons (Fsp3) is 0.316. The highest BCUT2D eigenvalue weighted by Crippen LogP contribution is 2.44. The maximum atomic E-state index is 12.1. The second-order valence-electron chi connectivity index (χ2n) is 6.46. The van der Waals surface area contributed by atoms with Crippen molar-refractivity contribution < 1.29 is 19.0 Å². The van der Waals surface area contributed by atoms with Crippen LogP contribution in [0.5, 0.6) is 0 Å². The van der Waals surface area contributed by atoms with Crippen LogP contribution < -0.4 is 5.32 Å². The molecule has 0 bridgehead atoms. The van der Waals surface area contributed by atoms with Gasteiger partial charge in [-0.25, -0.2) is 4.79 Å². The molecule has 5 nitrogen and oxygen atoms in total. The van der Waals surface area contributed by atoms with E-state index in [0.717, 1.165) is 22.3 Å². The molecule has 25 heavy (non-hydrogen) atoms. The molecule has 0 spiro atoms. The van der Waals surface area contributed by atoms with Gasteiger partial charge in [-0.05, 0) is 26.8 Å². The molecule has 1 aliphatic carbocycles. The van der Waals surface area contributed by atoms with Gasteiger partial charge >= 0.3 is 14.1 Å². The van der Waals surface area contributed by atoms with Gasteiger partial charge in [-0.1, -0.05) is 62.4 Å². The van der Waals surface area contributed by atoms with Crippen molar-refractivity contribution in [2.45, 2.75) is 25.5 Å². The lowest BCUT2D eigenvalue weighted by Crippen LogP contribution is -2.37. The van der Waals surface area contributed by atoms with E-state index < -0.39 is 19.9 Å². The Morgan fingerprint density at radius 1 is 1.12 bits per heavy atom. The van der Waals surface area contributed by atoms with Gasteiger partial charge < -0.3 is 4.74 Å². The highest BCUT2D eigenvalue weighted by Gasteiger charge is 2.35. The first-order valence-electron chi connectivity index (χ1n) is 8.25. The van der Waals surface area contributed by atoms with Gasteiger partial charge in [-0.3, -0.25) is 5.32 Å². The molecule has 0 saturated carbocycles. The third-order valence-electron chi connectivity index (χ3n) is 4.48. The molecule has 1 aliphatic rings. The Hall–Kier alpha value is -2.23. The minimum absolute atomic E-state index is 0.0291. The van der Waals surface area contributed by atoms with E-state index in [2.05, 4.69) is 17.4 Å². The molecule has 1 amide bonds. The first kappa shape index (κ1) is 17.6. The minimum atomic E-state index is -2.50. The van der Waals surface area contributed by atoms with Crippen LogP contribution in [-0.2, 0) is 9.30 Å². The molecule has 6 heteroatoms. The summed E-state index contributed by atoms with van der Waals surface area (Å²) in [5.74, 6) is -1.00. The quantitative estimate of drug-likeness (QED) is 0.784. The maximum Gasteiger partial charge on any atom is 0.531 e. The van der Waals surface area contributed by atoms with Gasteiger partial charge in [0.2, 0.25) is 0 Å². The van der Waals surface area contributed by atoms with Crippen LogP contribution in [0.25, 0.3) is 11.1 Å². The fourth-order valence-corrected chi connectivity index (χ4v) is 3.96. The molecular formula is C19H21NO4P+. The second-order valence-corrected chi connectivity index (χ2v) is 7.62. The predicted octanol–water partition coefficient (Wildman–Crippen LogP) is 4.24. The molecule has 2 aromatic carbocycles. The Morgan fingerprint density at radius 3 is 2.12 bits per heavy atom. The van der Waals surface area contributed by atoms with E-state index in [1.54, 1.807) is 13.8 Å². The Balaban J connectivity index is 1.73. The van der Waals surface area contributed by atoms with Crippen LogP contribution in [0.1, 0.15) is 30.9 Å². The van der Waals surface area contributed by atoms with Gasteiger partial charge in [0.05, 0.1) is 0 Å². The first-order valence-corrected chi connectivity index (χ1v) is 9.54. The van der Waals surface area contributed by atoms with E-state index in [4.69, 9.17) is 4.74 Å². The number of benzene rings is 2. The number of rotatable bonds is 5. The first-order chi connectivity index (χ1) is 12.0. The normalized spacial score (nSPS) is 14.6. The van der Waals surface area contributed by atoms with E-state index >= 15 is 0 Å². The Labute approximate surface area is 147 Å². The molecule has 2 atom stereocenters. The number of ether oxygens (including phenoxy) is 1. The van der Waals surface area contributed by atoms with E-state index in [1.807, 2.05) is 36.4 Å². The number of fused-ring (bicyclic) bond motifs is 3. The van der Waals surface area contributed by atoms with Crippen molar-refractivity contribution in [2.24, 2.45) is 5.92 Å². The average molecular weight is 358 g/mol. The summed E-state index contributed by atoms with van der Waals surface area (Å²) in [5, 5.41) is 2.49. The number of amides is 1. The molecule has 0 aromatic heterocycles. The van der Waals surface area contributed by atoms with Crippen molar-refractivity contribution >= 4 is 14.1 Å². The van der Waals surface area contributed by atoms with Crippen LogP contribution in [0.15, 0.2) is 48.5 Å². The number of carbonyl (C=O) groups is 1. The molecule has 0 radical (unpaired) electrons. The molecule has 0 aliphatic heterocycles. The molecular weight excluding hydrogens is 337 g/mol. The summed E-state index contributed by atoms with van der Waals surface area (Å²) in [6, 6.07) is 16.2. The van der Waals surface area contributed by atoms with Crippen molar-refractivity contribution in [3.63, 3.8) is 0 Å². The molecule has 2 aromatic rings. The zero-order valence-corrected chi connectivity index (χ0v) is 15.1. The Morgan fingerprint density at radius 2 is 1.64 bits per heavy atom. The van der Waals surface area contributed by atoms with Crippen LogP contribution in [-0.4, -0.2) is 23.4 Å². The summed E-state index contributed by atoms with van der Waals surface area (Å²) in [4.78, 5) is 21.4. The third-order valence-corrected chi connectivity index (χ3v) is 5.68. The van der Waals surface area contributed by atoms with Crippen molar-refractivity contribution in [3.8, 4) is 11.1 Å². The van der Waals surface area contributed by atoms with E-state index in [0.29, 0.717) is 0 Å². The zero-order chi connectivity index (χ0) is 18.0. The maximum absolute atomic E-state index is 12.1. The summed E-state index contributed by atoms with van der Waals surface area (Å²) in [7, 11) is -2.50. The number of carbonyl (C=O) groups excluding carboxylic acids is 1. The summed E-state index contributed by atoms with van der Waals surface area (Å²) < 4.78 is 16.7. The lowest BCUT2D eigenvalue weighted by atomic mass is 9.98. The lowest BCUT2D eigenvalue weighted by molar-refractivity contribution is 0.139. The van der Waals surface area contributed by atoms with Crippen LogP contribution in [0.4, 0.5) is 4.79 Å². The van der Waals surface area contributed by atoms with Crippen molar-refractivity contribution in [2.75, 3.05) is 6.61 Å². The Bertz CT molecular complexity index is 760. The number of alkyl carbamates (subject to hydrolysis) is 1. The van der Waals surface area contributed by atoms with Gasteiger partial charge in [-0.15, -0.1) is 0 Å². The average Bonchev–Trinajstić information content (AvgIpc) is 2.91. The summed E-state index contributed by atoms with van der Waals surface area (Å²) >= 11 is 0. The smallest absolute Gasteiger partial charge is 0.448 e. The molecule has 3 rings (SSSR count). The molecule has 130 valence electrons. The van der Waals surface area contributed by atoms with E-state index in [1.165, 1.54) is 0 Å². The van der Waals surface area contributed by atoms with Gasteiger partial charge in [0.25, 0.3) is 5.78 Å². The summed E-state index contributed by atoms with van der Waals surface area (Å²) in [6.45, 7) is 3.74. The topological polar surface area (TPSA) is 75.6 Å². The van der Waals surface area contributed by atoms with Crippen molar-refractivity contribution in [3.05, 3.63) is 59.7 Å². The molecule has 0 fully saturated rings.